The first kappa shape index (κ1) is 16.0. The number of rotatable bonds is 4. The Kier molecular flexibility index (Phi) is 4.37. The third kappa shape index (κ3) is 3.71. The van der Waals surface area contributed by atoms with Crippen LogP contribution >= 0.6 is 11.6 Å². The Morgan fingerprint density at radius 1 is 1.13 bits per heavy atom. The first-order valence-electron chi connectivity index (χ1n) is 6.94. The van der Waals surface area contributed by atoms with E-state index in [1.54, 1.807) is 18.2 Å². The summed E-state index contributed by atoms with van der Waals surface area (Å²) in [5, 5.41) is 0.480. The molecule has 0 bridgehead atoms. The minimum Gasteiger partial charge on any atom is -0.489 e. The maximum Gasteiger partial charge on any atom is 0.179 e. The van der Waals surface area contributed by atoms with Gasteiger partial charge in [0, 0.05) is 6.26 Å². The Labute approximate surface area is 139 Å². The summed E-state index contributed by atoms with van der Waals surface area (Å²) in [5.41, 5.74) is 0.839. The second kappa shape index (κ2) is 6.29. The van der Waals surface area contributed by atoms with Gasteiger partial charge < -0.3 is 14.2 Å². The molecule has 0 aliphatic carbocycles. The minimum absolute atomic E-state index is 0.257. The Morgan fingerprint density at radius 2 is 1.83 bits per heavy atom. The van der Waals surface area contributed by atoms with Crippen LogP contribution in [-0.4, -0.2) is 27.9 Å². The standard InChI is InChI=1S/C16H15ClO5S/c1-23(18,19)13-4-2-12(3-5-13)22-10-11-8-14(17)16-15(9-11)20-6-7-21-16/h2-5,8-9H,6-7,10H2,1H3. The van der Waals surface area contributed by atoms with E-state index in [0.29, 0.717) is 35.5 Å². The fraction of sp³-hybridized carbons (Fsp3) is 0.250. The predicted molar refractivity (Wildman–Crippen MR) is 86.3 cm³/mol. The SMILES string of the molecule is CS(=O)(=O)c1ccc(OCc2cc(Cl)c3c(c2)OCCO3)cc1. The molecule has 1 heterocycles. The van der Waals surface area contributed by atoms with Gasteiger partial charge in [-0.05, 0) is 42.0 Å². The molecule has 1 aliphatic rings. The third-order valence-electron chi connectivity index (χ3n) is 3.31. The number of benzene rings is 2. The summed E-state index contributed by atoms with van der Waals surface area (Å²) in [6.07, 6.45) is 1.17. The number of ether oxygens (including phenoxy) is 3. The van der Waals surface area contributed by atoms with E-state index in [1.165, 1.54) is 18.4 Å². The Balaban J connectivity index is 1.72. The first-order chi connectivity index (χ1) is 10.9. The summed E-state index contributed by atoms with van der Waals surface area (Å²) in [6, 6.07) is 9.86. The van der Waals surface area contributed by atoms with Crippen molar-refractivity contribution in [2.24, 2.45) is 0 Å². The fourth-order valence-corrected chi connectivity index (χ4v) is 3.12. The van der Waals surface area contributed by atoms with Gasteiger partial charge in [-0.1, -0.05) is 11.6 Å². The Morgan fingerprint density at radius 3 is 2.52 bits per heavy atom. The van der Waals surface area contributed by atoms with Crippen LogP contribution in [0.1, 0.15) is 5.56 Å². The highest BCUT2D eigenvalue weighted by molar-refractivity contribution is 7.90. The van der Waals surface area contributed by atoms with Crippen LogP contribution in [0, 0.1) is 0 Å². The number of hydrogen-bond donors (Lipinski definition) is 0. The lowest BCUT2D eigenvalue weighted by molar-refractivity contribution is 0.171. The molecular weight excluding hydrogens is 340 g/mol. The van der Waals surface area contributed by atoms with E-state index in [2.05, 4.69) is 0 Å². The highest BCUT2D eigenvalue weighted by Crippen LogP contribution is 2.38. The molecule has 0 spiro atoms. The molecule has 0 amide bonds. The van der Waals surface area contributed by atoms with Crippen LogP contribution in [-0.2, 0) is 16.4 Å². The molecule has 0 saturated carbocycles. The average Bonchev–Trinajstić information content (AvgIpc) is 2.52. The molecular formula is C16H15ClO5S. The van der Waals surface area contributed by atoms with Gasteiger partial charge in [0.25, 0.3) is 0 Å². The van der Waals surface area contributed by atoms with Crippen molar-refractivity contribution in [2.75, 3.05) is 19.5 Å². The summed E-state index contributed by atoms with van der Waals surface area (Å²) in [6.45, 7) is 1.25. The molecule has 0 N–H and O–H groups in total. The van der Waals surface area contributed by atoms with Gasteiger partial charge in [0.1, 0.15) is 25.6 Å². The number of halogens is 1. The average molecular weight is 355 g/mol. The zero-order valence-corrected chi connectivity index (χ0v) is 14.0. The molecule has 0 unspecified atom stereocenters. The molecule has 0 fully saturated rings. The lowest BCUT2D eigenvalue weighted by Gasteiger charge is -2.20. The quantitative estimate of drug-likeness (QED) is 0.844. The molecule has 0 saturated heterocycles. The Bertz CT molecular complexity index is 815. The van der Waals surface area contributed by atoms with E-state index < -0.39 is 9.84 Å². The number of fused-ring (bicyclic) bond motifs is 1. The normalized spacial score (nSPS) is 13.7. The molecule has 2 aromatic carbocycles. The van der Waals surface area contributed by atoms with E-state index in [1.807, 2.05) is 6.07 Å². The van der Waals surface area contributed by atoms with Crippen LogP contribution in [0.4, 0.5) is 0 Å². The van der Waals surface area contributed by atoms with Crippen LogP contribution in [0.2, 0.25) is 5.02 Å². The molecule has 0 radical (unpaired) electrons. The lowest BCUT2D eigenvalue weighted by Crippen LogP contribution is -2.16. The van der Waals surface area contributed by atoms with Crippen LogP contribution in [0.5, 0.6) is 17.2 Å². The van der Waals surface area contributed by atoms with Crippen molar-refractivity contribution in [1.82, 2.24) is 0 Å². The van der Waals surface area contributed by atoms with Crippen molar-refractivity contribution in [1.29, 1.82) is 0 Å². The van der Waals surface area contributed by atoms with E-state index in [0.717, 1.165) is 5.56 Å². The van der Waals surface area contributed by atoms with E-state index in [-0.39, 0.29) is 11.5 Å². The third-order valence-corrected chi connectivity index (χ3v) is 4.72. The highest BCUT2D eigenvalue weighted by atomic mass is 35.5. The fourth-order valence-electron chi connectivity index (χ4n) is 2.20. The maximum absolute atomic E-state index is 11.4. The van der Waals surface area contributed by atoms with Gasteiger partial charge >= 0.3 is 0 Å². The van der Waals surface area contributed by atoms with Gasteiger partial charge in [-0.2, -0.15) is 0 Å². The van der Waals surface area contributed by atoms with Crippen molar-refractivity contribution in [3.05, 3.63) is 47.0 Å². The number of hydrogen-bond acceptors (Lipinski definition) is 5. The molecule has 7 heteroatoms. The topological polar surface area (TPSA) is 61.8 Å². The number of sulfone groups is 1. The molecule has 1 aliphatic heterocycles. The second-order valence-electron chi connectivity index (χ2n) is 5.13. The monoisotopic (exact) mass is 354 g/mol. The molecule has 5 nitrogen and oxygen atoms in total. The van der Waals surface area contributed by atoms with Crippen LogP contribution in [0.3, 0.4) is 0 Å². The Hall–Kier alpha value is -1.92. The highest BCUT2D eigenvalue weighted by Gasteiger charge is 2.16. The van der Waals surface area contributed by atoms with E-state index in [9.17, 15) is 8.42 Å². The molecule has 3 rings (SSSR count). The molecule has 0 aromatic heterocycles. The van der Waals surface area contributed by atoms with Gasteiger partial charge in [-0.25, -0.2) is 8.42 Å². The molecule has 2 aromatic rings. The molecule has 122 valence electrons. The first-order valence-corrected chi connectivity index (χ1v) is 9.21. The summed E-state index contributed by atoms with van der Waals surface area (Å²) < 4.78 is 39.5. The molecule has 23 heavy (non-hydrogen) atoms. The van der Waals surface area contributed by atoms with Gasteiger partial charge in [0.15, 0.2) is 21.3 Å². The van der Waals surface area contributed by atoms with Crippen molar-refractivity contribution >= 4 is 21.4 Å². The molecule has 0 atom stereocenters. The van der Waals surface area contributed by atoms with E-state index >= 15 is 0 Å². The lowest BCUT2D eigenvalue weighted by atomic mass is 10.2. The largest absolute Gasteiger partial charge is 0.489 e. The van der Waals surface area contributed by atoms with Gasteiger partial charge in [0.05, 0.1) is 9.92 Å². The zero-order valence-electron chi connectivity index (χ0n) is 12.4. The van der Waals surface area contributed by atoms with Gasteiger partial charge in [0.2, 0.25) is 0 Å². The van der Waals surface area contributed by atoms with Crippen molar-refractivity contribution in [3.8, 4) is 17.2 Å². The van der Waals surface area contributed by atoms with Crippen molar-refractivity contribution in [2.45, 2.75) is 11.5 Å². The second-order valence-corrected chi connectivity index (χ2v) is 7.56. The smallest absolute Gasteiger partial charge is 0.179 e. The summed E-state index contributed by atoms with van der Waals surface area (Å²) in [7, 11) is -3.21. The van der Waals surface area contributed by atoms with Crippen LogP contribution < -0.4 is 14.2 Å². The van der Waals surface area contributed by atoms with E-state index in [4.69, 9.17) is 25.8 Å². The zero-order chi connectivity index (χ0) is 16.4. The predicted octanol–water partition coefficient (Wildman–Crippen LogP) is 3.09. The van der Waals surface area contributed by atoms with Crippen molar-refractivity contribution in [3.63, 3.8) is 0 Å². The minimum atomic E-state index is -3.21. The van der Waals surface area contributed by atoms with Crippen molar-refractivity contribution < 1.29 is 22.6 Å². The summed E-state index contributed by atoms with van der Waals surface area (Å²) in [4.78, 5) is 0.257. The van der Waals surface area contributed by atoms with Gasteiger partial charge in [-0.3, -0.25) is 0 Å². The van der Waals surface area contributed by atoms with Crippen LogP contribution in [0.15, 0.2) is 41.3 Å². The summed E-state index contributed by atoms with van der Waals surface area (Å²) in [5.74, 6) is 1.73. The van der Waals surface area contributed by atoms with Crippen LogP contribution in [0.25, 0.3) is 0 Å². The maximum atomic E-state index is 11.4. The van der Waals surface area contributed by atoms with Gasteiger partial charge in [-0.15, -0.1) is 0 Å². The summed E-state index contributed by atoms with van der Waals surface area (Å²) >= 11 is 6.17.